The van der Waals surface area contributed by atoms with Gasteiger partial charge >= 0.3 is 5.97 Å². The van der Waals surface area contributed by atoms with Crippen molar-refractivity contribution >= 4 is 28.5 Å². The van der Waals surface area contributed by atoms with Crippen LogP contribution in [-0.2, 0) is 11.3 Å². The molecule has 8 nitrogen and oxygen atoms in total. The lowest BCUT2D eigenvalue weighted by molar-refractivity contribution is 0.0526. The predicted molar refractivity (Wildman–Crippen MR) is 171 cm³/mol. The van der Waals surface area contributed by atoms with E-state index in [1.807, 2.05) is 57.2 Å². The van der Waals surface area contributed by atoms with Crippen molar-refractivity contribution in [3.63, 3.8) is 0 Å². The molecule has 0 saturated carbocycles. The first-order chi connectivity index (χ1) is 21.8. The number of rotatable bonds is 9. The molecule has 0 fully saturated rings. The van der Waals surface area contributed by atoms with Gasteiger partial charge in [0.25, 0.3) is 5.91 Å². The van der Waals surface area contributed by atoms with Crippen LogP contribution in [0.4, 0.5) is 5.69 Å². The number of anilines is 1. The van der Waals surface area contributed by atoms with Gasteiger partial charge in [-0.3, -0.25) is 14.5 Å². The molecule has 0 aliphatic carbocycles. The Morgan fingerprint density at radius 3 is 2.27 bits per heavy atom. The summed E-state index contributed by atoms with van der Waals surface area (Å²) in [7, 11) is 0. The third kappa shape index (κ3) is 5.55. The van der Waals surface area contributed by atoms with Crippen LogP contribution < -0.4 is 19.8 Å². The summed E-state index contributed by atoms with van der Waals surface area (Å²) in [6, 6.07) is 24.6. The highest BCUT2D eigenvalue weighted by Crippen LogP contribution is 2.43. The SMILES string of the molecule is CCOC(=O)c1ccc(N2C(=O)c3oc4cc(C)c(C)cc4c(=O)c3C2c2ccc(OCc3ccccc3)c(OCC)c2)cc1. The smallest absolute Gasteiger partial charge is 0.338 e. The molecule has 1 unspecified atom stereocenters. The molecule has 1 aromatic heterocycles. The normalized spacial score (nSPS) is 14.0. The summed E-state index contributed by atoms with van der Waals surface area (Å²) in [5.74, 6) is 0.0889. The van der Waals surface area contributed by atoms with Gasteiger partial charge in [0, 0.05) is 5.69 Å². The van der Waals surface area contributed by atoms with Crippen LogP contribution in [0.3, 0.4) is 0 Å². The molecule has 0 N–H and O–H groups in total. The maximum atomic E-state index is 14.2. The van der Waals surface area contributed by atoms with Gasteiger partial charge in [-0.15, -0.1) is 0 Å². The van der Waals surface area contributed by atoms with Crippen LogP contribution >= 0.6 is 0 Å². The molecule has 228 valence electrons. The first-order valence-electron chi connectivity index (χ1n) is 14.9. The van der Waals surface area contributed by atoms with Crippen molar-refractivity contribution in [2.45, 2.75) is 40.3 Å². The van der Waals surface area contributed by atoms with Crippen molar-refractivity contribution in [1.82, 2.24) is 0 Å². The molecule has 1 atom stereocenters. The number of hydrogen-bond donors (Lipinski definition) is 0. The molecule has 6 rings (SSSR count). The minimum atomic E-state index is -0.828. The Hall–Kier alpha value is -5.37. The van der Waals surface area contributed by atoms with E-state index in [-0.39, 0.29) is 23.4 Å². The van der Waals surface area contributed by atoms with Crippen LogP contribution in [0.2, 0.25) is 0 Å². The lowest BCUT2D eigenvalue weighted by Crippen LogP contribution is -2.29. The van der Waals surface area contributed by atoms with Gasteiger partial charge in [-0.1, -0.05) is 36.4 Å². The fourth-order valence-electron chi connectivity index (χ4n) is 5.60. The van der Waals surface area contributed by atoms with E-state index in [0.29, 0.717) is 52.5 Å². The fraction of sp³-hybridized carbons (Fsp3) is 0.216. The molecule has 4 aromatic carbocycles. The van der Waals surface area contributed by atoms with Crippen LogP contribution in [0.5, 0.6) is 11.5 Å². The average molecular weight is 604 g/mol. The molecule has 1 amide bonds. The number of fused-ring (bicyclic) bond motifs is 2. The molecule has 5 aromatic rings. The Bertz CT molecular complexity index is 1960. The molecule has 0 bridgehead atoms. The Balaban J connectivity index is 1.49. The number of aryl methyl sites for hydroxylation is 2. The quantitative estimate of drug-likeness (QED) is 0.163. The third-order valence-electron chi connectivity index (χ3n) is 7.96. The van der Waals surface area contributed by atoms with Crippen molar-refractivity contribution in [2.24, 2.45) is 0 Å². The Kier molecular flexibility index (Phi) is 8.13. The van der Waals surface area contributed by atoms with Crippen molar-refractivity contribution in [1.29, 1.82) is 0 Å². The molecule has 0 spiro atoms. The summed E-state index contributed by atoms with van der Waals surface area (Å²) in [6.07, 6.45) is 0. The number of hydrogen-bond acceptors (Lipinski definition) is 7. The molecular weight excluding hydrogens is 570 g/mol. The minimum absolute atomic E-state index is 0.0161. The van der Waals surface area contributed by atoms with Gasteiger partial charge in [0.1, 0.15) is 12.2 Å². The largest absolute Gasteiger partial charge is 0.490 e. The summed E-state index contributed by atoms with van der Waals surface area (Å²) in [4.78, 5) is 42.2. The van der Waals surface area contributed by atoms with Crippen LogP contribution in [-0.4, -0.2) is 25.1 Å². The zero-order valence-corrected chi connectivity index (χ0v) is 25.6. The van der Waals surface area contributed by atoms with Gasteiger partial charge in [-0.2, -0.15) is 0 Å². The standard InChI is InChI=1S/C37H33NO7/c1-5-42-31-20-26(14-17-29(31)44-21-24-10-8-7-9-11-24)33-32-34(39)28-18-22(3)23(4)19-30(28)45-35(32)36(40)38(33)27-15-12-25(13-16-27)37(41)43-6-2/h7-20,33H,5-6,21H2,1-4H3. The summed E-state index contributed by atoms with van der Waals surface area (Å²) in [5, 5.41) is 0.405. The lowest BCUT2D eigenvalue weighted by Gasteiger charge is -2.26. The highest BCUT2D eigenvalue weighted by atomic mass is 16.5. The molecule has 0 radical (unpaired) electrons. The maximum Gasteiger partial charge on any atom is 0.338 e. The maximum absolute atomic E-state index is 14.2. The number of carbonyl (C=O) groups is 2. The lowest BCUT2D eigenvalue weighted by atomic mass is 9.96. The summed E-state index contributed by atoms with van der Waals surface area (Å²) in [6.45, 7) is 8.46. The van der Waals surface area contributed by atoms with Crippen molar-refractivity contribution in [3.8, 4) is 11.5 Å². The first kappa shape index (κ1) is 29.7. The molecule has 1 aliphatic heterocycles. The summed E-state index contributed by atoms with van der Waals surface area (Å²) < 4.78 is 23.4. The van der Waals surface area contributed by atoms with Crippen LogP contribution in [0.15, 0.2) is 94.1 Å². The second-order valence-corrected chi connectivity index (χ2v) is 10.9. The second-order valence-electron chi connectivity index (χ2n) is 10.9. The molecule has 45 heavy (non-hydrogen) atoms. The van der Waals surface area contributed by atoms with Gasteiger partial charge in [-0.05, 0) is 98.5 Å². The van der Waals surface area contributed by atoms with E-state index in [1.165, 1.54) is 4.90 Å². The summed E-state index contributed by atoms with van der Waals surface area (Å²) >= 11 is 0. The number of carbonyl (C=O) groups excluding carboxylic acids is 2. The van der Waals surface area contributed by atoms with E-state index in [1.54, 1.807) is 55.5 Å². The van der Waals surface area contributed by atoms with Crippen LogP contribution in [0.25, 0.3) is 11.0 Å². The van der Waals surface area contributed by atoms with Gasteiger partial charge in [0.15, 0.2) is 16.9 Å². The minimum Gasteiger partial charge on any atom is -0.490 e. The van der Waals surface area contributed by atoms with Crippen molar-refractivity contribution < 1.29 is 28.2 Å². The number of ether oxygens (including phenoxy) is 3. The fourth-order valence-corrected chi connectivity index (χ4v) is 5.60. The number of benzene rings is 4. The molecule has 2 heterocycles. The van der Waals surface area contributed by atoms with Crippen LogP contribution in [0.1, 0.15) is 68.6 Å². The molecular formula is C37H33NO7. The topological polar surface area (TPSA) is 95.3 Å². The van der Waals surface area contributed by atoms with E-state index < -0.39 is 17.9 Å². The van der Waals surface area contributed by atoms with Crippen molar-refractivity contribution in [2.75, 3.05) is 18.1 Å². The number of amides is 1. The van der Waals surface area contributed by atoms with Crippen LogP contribution in [0, 0.1) is 13.8 Å². The highest BCUT2D eigenvalue weighted by Gasteiger charge is 2.44. The molecule has 1 aliphatic rings. The van der Waals surface area contributed by atoms with E-state index >= 15 is 0 Å². The Morgan fingerprint density at radius 1 is 0.822 bits per heavy atom. The van der Waals surface area contributed by atoms with E-state index in [4.69, 9.17) is 18.6 Å². The number of esters is 1. The van der Waals surface area contributed by atoms with E-state index in [2.05, 4.69) is 0 Å². The Labute approximate surface area is 260 Å². The molecule has 0 saturated heterocycles. The second kappa shape index (κ2) is 12.3. The highest BCUT2D eigenvalue weighted by molar-refractivity contribution is 6.11. The zero-order valence-electron chi connectivity index (χ0n) is 25.6. The average Bonchev–Trinajstić information content (AvgIpc) is 3.34. The van der Waals surface area contributed by atoms with Gasteiger partial charge in [-0.25, -0.2) is 4.79 Å². The van der Waals surface area contributed by atoms with Gasteiger partial charge in [0.2, 0.25) is 5.76 Å². The summed E-state index contributed by atoms with van der Waals surface area (Å²) in [5.41, 5.74) is 4.70. The van der Waals surface area contributed by atoms with Gasteiger partial charge in [0.05, 0.1) is 35.8 Å². The zero-order chi connectivity index (χ0) is 31.7. The van der Waals surface area contributed by atoms with Crippen molar-refractivity contribution in [3.05, 3.63) is 134 Å². The monoisotopic (exact) mass is 603 g/mol. The first-order valence-corrected chi connectivity index (χ1v) is 14.9. The molecule has 8 heteroatoms. The van der Waals surface area contributed by atoms with E-state index in [0.717, 1.165) is 16.7 Å². The predicted octanol–water partition coefficient (Wildman–Crippen LogP) is 7.31. The number of nitrogens with zero attached hydrogens (tertiary/aromatic N) is 1. The Morgan fingerprint density at radius 2 is 1.56 bits per heavy atom. The van der Waals surface area contributed by atoms with E-state index in [9.17, 15) is 14.4 Å². The third-order valence-corrected chi connectivity index (χ3v) is 7.96. The van der Waals surface area contributed by atoms with Gasteiger partial charge < -0.3 is 18.6 Å².